The minimum atomic E-state index is -0.613. The van der Waals surface area contributed by atoms with Crippen molar-refractivity contribution in [3.63, 3.8) is 0 Å². The van der Waals surface area contributed by atoms with Gasteiger partial charge in [0.15, 0.2) is 6.04 Å². The van der Waals surface area contributed by atoms with E-state index < -0.39 is 6.04 Å². The molecule has 1 aromatic rings. The number of carbonyl (C=O) groups is 1. The number of aliphatic imine (C=N–C) groups is 2. The van der Waals surface area contributed by atoms with Crippen molar-refractivity contribution in [2.45, 2.75) is 25.9 Å². The van der Waals surface area contributed by atoms with Crippen molar-refractivity contribution in [1.29, 1.82) is 0 Å². The van der Waals surface area contributed by atoms with Crippen LogP contribution in [0.3, 0.4) is 0 Å². The first-order chi connectivity index (χ1) is 11.5. The van der Waals surface area contributed by atoms with Gasteiger partial charge >= 0.3 is 5.97 Å². The molecule has 1 N–H and O–H groups in total. The fourth-order valence-corrected chi connectivity index (χ4v) is 3.34. The highest BCUT2D eigenvalue weighted by molar-refractivity contribution is 9.12. The largest absolute Gasteiger partial charge is 0.508 e. The Kier molecular flexibility index (Phi) is 4.71. The molecule has 2 heterocycles. The number of fused-ring (bicyclic) bond motifs is 1. The number of hydrogen-bond donors (Lipinski definition) is 1. The fourth-order valence-electron chi connectivity index (χ4n) is 3.01. The average Bonchev–Trinajstić information content (AvgIpc) is 2.56. The van der Waals surface area contributed by atoms with E-state index in [9.17, 15) is 9.90 Å². The number of benzene rings is 1. The fraction of sp³-hybridized carbons (Fsp3) is 0.353. The molecule has 0 fully saturated rings. The van der Waals surface area contributed by atoms with Crippen molar-refractivity contribution < 1.29 is 14.6 Å². The third kappa shape index (κ3) is 3.08. The second kappa shape index (κ2) is 6.76. The summed E-state index contributed by atoms with van der Waals surface area (Å²) in [5.74, 6) is 0.214. The number of ether oxygens (including phenoxy) is 1. The number of halogens is 1. The summed E-state index contributed by atoms with van der Waals surface area (Å²) in [5, 5.41) is 9.55. The van der Waals surface area contributed by atoms with Crippen LogP contribution in [0.4, 0.5) is 0 Å². The molecule has 24 heavy (non-hydrogen) atoms. The predicted molar refractivity (Wildman–Crippen MR) is 95.2 cm³/mol. The number of guanidine groups is 1. The van der Waals surface area contributed by atoms with Gasteiger partial charge in [0.25, 0.3) is 0 Å². The van der Waals surface area contributed by atoms with Crippen LogP contribution in [0.2, 0.25) is 0 Å². The van der Waals surface area contributed by atoms with Crippen molar-refractivity contribution in [1.82, 2.24) is 4.90 Å². The van der Waals surface area contributed by atoms with E-state index in [0.29, 0.717) is 12.6 Å². The van der Waals surface area contributed by atoms with E-state index in [1.165, 1.54) is 0 Å². The number of hydrogen-bond acceptors (Lipinski definition) is 6. The van der Waals surface area contributed by atoms with Gasteiger partial charge in [-0.15, -0.1) is 0 Å². The monoisotopic (exact) mass is 391 g/mol. The number of esters is 1. The Hall–Kier alpha value is -2.15. The molecule has 0 bridgehead atoms. The van der Waals surface area contributed by atoms with Crippen molar-refractivity contribution in [3.8, 4) is 5.75 Å². The molecule has 2 aliphatic rings. The zero-order chi connectivity index (χ0) is 17.3. The molecule has 3 unspecified atom stereocenters. The van der Waals surface area contributed by atoms with E-state index in [0.717, 1.165) is 10.0 Å². The van der Waals surface area contributed by atoms with E-state index in [-0.39, 0.29) is 23.7 Å². The molecule has 0 aromatic heterocycles. The molecule has 2 aliphatic heterocycles. The zero-order valence-corrected chi connectivity index (χ0v) is 15.0. The van der Waals surface area contributed by atoms with Crippen LogP contribution in [0.25, 0.3) is 0 Å². The molecule has 3 rings (SSSR count). The van der Waals surface area contributed by atoms with E-state index in [1.807, 2.05) is 30.2 Å². The second-order valence-corrected chi connectivity index (χ2v) is 6.62. The molecule has 0 radical (unpaired) electrons. The van der Waals surface area contributed by atoms with Gasteiger partial charge in [0.2, 0.25) is 5.96 Å². The third-order valence-corrected chi connectivity index (χ3v) is 4.52. The first-order valence-corrected chi connectivity index (χ1v) is 8.53. The number of phenolic OH excluding ortho intramolecular Hbond substituents is 1. The van der Waals surface area contributed by atoms with E-state index in [1.54, 1.807) is 25.3 Å². The van der Waals surface area contributed by atoms with E-state index >= 15 is 0 Å². The highest BCUT2D eigenvalue weighted by Gasteiger charge is 2.42. The van der Waals surface area contributed by atoms with Crippen LogP contribution in [0.5, 0.6) is 5.75 Å². The number of carbonyl (C=O) groups excluding carboxylic acids is 1. The van der Waals surface area contributed by atoms with Gasteiger partial charge in [0.05, 0.1) is 17.1 Å². The molecule has 3 atom stereocenters. The van der Waals surface area contributed by atoms with Gasteiger partial charge in [-0.3, -0.25) is 0 Å². The van der Waals surface area contributed by atoms with Crippen molar-refractivity contribution >= 4 is 34.1 Å². The minimum Gasteiger partial charge on any atom is -0.508 e. The molecule has 0 amide bonds. The van der Waals surface area contributed by atoms with Gasteiger partial charge in [-0.25, -0.2) is 14.8 Å². The summed E-state index contributed by atoms with van der Waals surface area (Å²) in [6.07, 6.45) is 3.56. The Bertz CT molecular complexity index is 727. The highest BCUT2D eigenvalue weighted by atomic mass is 79.9. The zero-order valence-electron chi connectivity index (χ0n) is 13.4. The summed E-state index contributed by atoms with van der Waals surface area (Å²) in [6.45, 7) is 4.07. The third-order valence-electron chi connectivity index (χ3n) is 4.11. The van der Waals surface area contributed by atoms with Crippen molar-refractivity contribution in [2.24, 2.45) is 15.9 Å². The van der Waals surface area contributed by atoms with E-state index in [2.05, 4.69) is 25.9 Å². The molecule has 0 spiro atoms. The molecule has 0 saturated carbocycles. The quantitative estimate of drug-likeness (QED) is 0.803. The van der Waals surface area contributed by atoms with Gasteiger partial charge < -0.3 is 14.7 Å². The summed E-state index contributed by atoms with van der Waals surface area (Å²) in [7, 11) is 0. The number of rotatable bonds is 3. The van der Waals surface area contributed by atoms with E-state index in [4.69, 9.17) is 4.74 Å². The number of aromatic hydroxyl groups is 1. The predicted octanol–water partition coefficient (Wildman–Crippen LogP) is 2.99. The summed E-state index contributed by atoms with van der Waals surface area (Å²) >= 11 is 3.43. The van der Waals surface area contributed by atoms with Crippen LogP contribution in [-0.2, 0) is 9.53 Å². The van der Waals surface area contributed by atoms with Crippen molar-refractivity contribution in [2.75, 3.05) is 6.61 Å². The minimum absolute atomic E-state index is 0.123. The lowest BCUT2D eigenvalue weighted by Gasteiger charge is -2.41. The lowest BCUT2D eigenvalue weighted by atomic mass is 9.86. The maximum Gasteiger partial charge on any atom is 0.331 e. The normalized spacial score (nSPS) is 25.6. The standard InChI is InChI=1S/C17H18BrN3O3/c1-3-24-16(23)14-10(2)15(11-4-6-13(22)7-5-11)21-9-12(18)8-19-17(21)20-14/h4-10,14-15,22H,3H2,1-2H3. The summed E-state index contributed by atoms with van der Waals surface area (Å²) in [4.78, 5) is 23.1. The van der Waals surface area contributed by atoms with Gasteiger partial charge in [0, 0.05) is 18.3 Å². The first-order valence-electron chi connectivity index (χ1n) is 7.74. The van der Waals surface area contributed by atoms with Crippen LogP contribution >= 0.6 is 15.9 Å². The first kappa shape index (κ1) is 16.7. The van der Waals surface area contributed by atoms with Gasteiger partial charge in [-0.2, -0.15) is 0 Å². The van der Waals surface area contributed by atoms with Gasteiger partial charge in [-0.05, 0) is 40.5 Å². The molecule has 0 aliphatic carbocycles. The molecule has 0 saturated heterocycles. The molecule has 126 valence electrons. The summed E-state index contributed by atoms with van der Waals surface area (Å²) in [6, 6.07) is 6.22. The van der Waals surface area contributed by atoms with Crippen LogP contribution in [0.1, 0.15) is 25.5 Å². The van der Waals surface area contributed by atoms with Gasteiger partial charge in [-0.1, -0.05) is 19.1 Å². The SMILES string of the molecule is CCOC(=O)C1N=C2N=CC(Br)=CN2C(c2ccc(O)cc2)C1C. The Balaban J connectivity index is 2.04. The summed E-state index contributed by atoms with van der Waals surface area (Å²) < 4.78 is 6.00. The summed E-state index contributed by atoms with van der Waals surface area (Å²) in [5.41, 5.74) is 0.968. The number of allylic oxidation sites excluding steroid dienone is 1. The number of nitrogens with zero attached hydrogens (tertiary/aromatic N) is 3. The smallest absolute Gasteiger partial charge is 0.331 e. The lowest BCUT2D eigenvalue weighted by Crippen LogP contribution is -2.46. The molecular formula is C17H18BrN3O3. The molecule has 7 heteroatoms. The topological polar surface area (TPSA) is 74.5 Å². The molecule has 1 aromatic carbocycles. The van der Waals surface area contributed by atoms with Crippen LogP contribution in [0.15, 0.2) is 44.9 Å². The Morgan fingerprint density at radius 1 is 1.38 bits per heavy atom. The Morgan fingerprint density at radius 3 is 2.75 bits per heavy atom. The maximum absolute atomic E-state index is 12.3. The Labute approximate surface area is 148 Å². The Morgan fingerprint density at radius 2 is 2.08 bits per heavy atom. The van der Waals surface area contributed by atoms with Crippen LogP contribution in [-0.4, -0.2) is 40.8 Å². The highest BCUT2D eigenvalue weighted by Crippen LogP contribution is 2.38. The second-order valence-electron chi connectivity index (χ2n) is 5.70. The van der Waals surface area contributed by atoms with Gasteiger partial charge in [0.1, 0.15) is 5.75 Å². The molecule has 6 nitrogen and oxygen atoms in total. The van der Waals surface area contributed by atoms with Crippen LogP contribution in [0, 0.1) is 5.92 Å². The average molecular weight is 392 g/mol. The number of phenols is 1. The van der Waals surface area contributed by atoms with Crippen LogP contribution < -0.4 is 0 Å². The molecular weight excluding hydrogens is 374 g/mol. The van der Waals surface area contributed by atoms with Crippen molar-refractivity contribution in [3.05, 3.63) is 40.5 Å². The lowest BCUT2D eigenvalue weighted by molar-refractivity contribution is -0.146. The maximum atomic E-state index is 12.3.